The second-order valence-corrected chi connectivity index (χ2v) is 9.48. The van der Waals surface area contributed by atoms with Crippen LogP contribution < -0.4 is 19.7 Å². The van der Waals surface area contributed by atoms with Crippen molar-refractivity contribution in [1.29, 1.82) is 0 Å². The molecule has 0 radical (unpaired) electrons. The average Bonchev–Trinajstić information content (AvgIpc) is 3.05. The molecule has 0 unspecified atom stereocenters. The van der Waals surface area contributed by atoms with Crippen molar-refractivity contribution in [2.75, 3.05) is 51.1 Å². The van der Waals surface area contributed by atoms with Crippen LogP contribution in [-0.2, 0) is 10.0 Å². The fourth-order valence-electron chi connectivity index (χ4n) is 2.40. The molecule has 2 amide bonds. The van der Waals surface area contributed by atoms with Gasteiger partial charge in [0.1, 0.15) is 5.75 Å². The van der Waals surface area contributed by atoms with Crippen LogP contribution in [0.2, 0.25) is 0 Å². The summed E-state index contributed by atoms with van der Waals surface area (Å²) in [7, 11) is 1.49. The zero-order valence-corrected chi connectivity index (χ0v) is 18.9. The third-order valence-electron chi connectivity index (χ3n) is 3.92. The average molecular weight is 442 g/mol. The summed E-state index contributed by atoms with van der Waals surface area (Å²) in [6.45, 7) is 5.01. The van der Waals surface area contributed by atoms with Crippen LogP contribution in [0, 0.1) is 6.92 Å². The van der Waals surface area contributed by atoms with Gasteiger partial charge >= 0.3 is 6.03 Å². The number of sulfonamides is 1. The lowest BCUT2D eigenvalue weighted by Gasteiger charge is -2.22. The second-order valence-electron chi connectivity index (χ2n) is 6.42. The Morgan fingerprint density at radius 1 is 1.21 bits per heavy atom. The van der Waals surface area contributed by atoms with E-state index in [1.54, 1.807) is 31.2 Å². The molecule has 2 aromatic rings. The number of nitrogens with one attached hydrogen (secondary N) is 2. The van der Waals surface area contributed by atoms with Gasteiger partial charge in [0.25, 0.3) is 10.0 Å². The van der Waals surface area contributed by atoms with Crippen molar-refractivity contribution >= 4 is 38.2 Å². The van der Waals surface area contributed by atoms with Crippen LogP contribution in [0.1, 0.15) is 12.6 Å². The minimum Gasteiger partial charge on any atom is -0.494 e. The van der Waals surface area contributed by atoms with Crippen LogP contribution in [0.3, 0.4) is 0 Å². The molecule has 0 spiro atoms. The summed E-state index contributed by atoms with van der Waals surface area (Å²) in [5.74, 6) is 0.715. The molecule has 0 aliphatic rings. The number of aryl methyl sites for hydroxylation is 1. The molecule has 9 nitrogen and oxygen atoms in total. The fraction of sp³-hybridized carbons (Fsp3) is 0.444. The number of carbonyl (C=O) groups excluding carboxylic acids is 1. The van der Waals surface area contributed by atoms with Crippen molar-refractivity contribution in [3.8, 4) is 5.75 Å². The second kappa shape index (κ2) is 10.0. The Balaban J connectivity index is 2.27. The molecular formula is C18H27N5O4S2. The summed E-state index contributed by atoms with van der Waals surface area (Å²) in [5.41, 5.74) is 0.952. The minimum absolute atomic E-state index is 0.0960. The van der Waals surface area contributed by atoms with Crippen molar-refractivity contribution in [3.05, 3.63) is 30.0 Å². The smallest absolute Gasteiger partial charge is 0.328 e. The van der Waals surface area contributed by atoms with Gasteiger partial charge in [0.15, 0.2) is 9.34 Å². The van der Waals surface area contributed by atoms with Gasteiger partial charge in [-0.3, -0.25) is 4.90 Å². The van der Waals surface area contributed by atoms with Crippen LogP contribution >= 0.6 is 11.3 Å². The van der Waals surface area contributed by atoms with Crippen molar-refractivity contribution in [3.63, 3.8) is 0 Å². The van der Waals surface area contributed by atoms with E-state index in [1.807, 2.05) is 25.9 Å². The number of benzene rings is 1. The molecule has 1 aromatic carbocycles. The number of aromatic nitrogens is 1. The van der Waals surface area contributed by atoms with Crippen LogP contribution in [0.4, 0.5) is 15.6 Å². The molecular weight excluding hydrogens is 414 g/mol. The van der Waals surface area contributed by atoms with E-state index in [4.69, 9.17) is 4.74 Å². The molecule has 0 saturated heterocycles. The largest absolute Gasteiger partial charge is 0.494 e. The number of urea groups is 1. The molecule has 0 atom stereocenters. The fourth-order valence-corrected chi connectivity index (χ4v) is 4.76. The molecule has 0 aliphatic carbocycles. The molecule has 1 aromatic heterocycles. The van der Waals surface area contributed by atoms with E-state index >= 15 is 0 Å². The van der Waals surface area contributed by atoms with Gasteiger partial charge in [-0.1, -0.05) is 11.3 Å². The lowest BCUT2D eigenvalue weighted by Crippen LogP contribution is -2.39. The van der Waals surface area contributed by atoms with Crippen LogP contribution in [0.5, 0.6) is 5.75 Å². The van der Waals surface area contributed by atoms with E-state index in [1.165, 1.54) is 11.9 Å². The number of ether oxygens (including phenoxy) is 1. The molecule has 160 valence electrons. The quantitative estimate of drug-likeness (QED) is 0.619. The van der Waals surface area contributed by atoms with Crippen LogP contribution in [0.15, 0.2) is 28.5 Å². The topological polar surface area (TPSA) is 104 Å². The number of anilines is 2. The highest BCUT2D eigenvalue weighted by Crippen LogP contribution is 2.30. The summed E-state index contributed by atoms with van der Waals surface area (Å²) >= 11 is 0.964. The minimum atomic E-state index is -3.64. The third kappa shape index (κ3) is 6.13. The molecule has 0 saturated carbocycles. The number of thiazole rings is 1. The summed E-state index contributed by atoms with van der Waals surface area (Å²) in [5, 5.41) is 3.15. The first-order valence-corrected chi connectivity index (χ1v) is 11.3. The van der Waals surface area contributed by atoms with E-state index in [0.29, 0.717) is 42.0 Å². The van der Waals surface area contributed by atoms with Crippen molar-refractivity contribution in [2.45, 2.75) is 18.1 Å². The molecule has 0 aliphatic heterocycles. The maximum atomic E-state index is 12.9. The van der Waals surface area contributed by atoms with E-state index < -0.39 is 16.1 Å². The molecule has 29 heavy (non-hydrogen) atoms. The van der Waals surface area contributed by atoms with E-state index in [-0.39, 0.29) is 4.21 Å². The van der Waals surface area contributed by atoms with Crippen molar-refractivity contribution < 1.29 is 17.9 Å². The molecule has 11 heteroatoms. The van der Waals surface area contributed by atoms with Crippen LogP contribution in [-0.4, -0.2) is 65.2 Å². The first-order chi connectivity index (χ1) is 13.7. The number of amides is 2. The maximum Gasteiger partial charge on any atom is 0.328 e. The number of nitrogens with zero attached hydrogens (tertiary/aromatic N) is 3. The molecule has 2 rings (SSSR count). The predicted molar refractivity (Wildman–Crippen MR) is 116 cm³/mol. The first kappa shape index (κ1) is 23.1. The zero-order valence-electron chi connectivity index (χ0n) is 17.2. The Bertz CT molecular complexity index is 926. The number of rotatable bonds is 9. The van der Waals surface area contributed by atoms with Crippen LogP contribution in [0.25, 0.3) is 0 Å². The summed E-state index contributed by atoms with van der Waals surface area (Å²) in [6.07, 6.45) is 0. The van der Waals surface area contributed by atoms with Crippen molar-refractivity contribution in [2.24, 2.45) is 0 Å². The highest BCUT2D eigenvalue weighted by molar-refractivity contribution is 7.91. The molecule has 0 bridgehead atoms. The Morgan fingerprint density at radius 3 is 2.41 bits per heavy atom. The Labute approximate surface area is 175 Å². The van der Waals surface area contributed by atoms with Gasteiger partial charge in [-0.15, -0.1) is 0 Å². The van der Waals surface area contributed by atoms with Gasteiger partial charge in [0.2, 0.25) is 0 Å². The van der Waals surface area contributed by atoms with E-state index in [0.717, 1.165) is 11.3 Å². The van der Waals surface area contributed by atoms with E-state index in [9.17, 15) is 13.2 Å². The van der Waals surface area contributed by atoms with Crippen molar-refractivity contribution in [1.82, 2.24) is 14.6 Å². The number of hydrogen-bond donors (Lipinski definition) is 2. The lowest BCUT2D eigenvalue weighted by molar-refractivity contribution is 0.256. The van der Waals surface area contributed by atoms with Gasteiger partial charge in [-0.2, -0.15) is 0 Å². The lowest BCUT2D eigenvalue weighted by atomic mass is 10.3. The van der Waals surface area contributed by atoms with Gasteiger partial charge < -0.3 is 15.0 Å². The summed E-state index contributed by atoms with van der Waals surface area (Å²) in [6, 6.07) is 6.65. The number of carbonyl (C=O) groups is 1. The van der Waals surface area contributed by atoms with Gasteiger partial charge in [0.05, 0.1) is 12.3 Å². The monoisotopic (exact) mass is 441 g/mol. The molecule has 2 N–H and O–H groups in total. The Morgan fingerprint density at radius 2 is 1.86 bits per heavy atom. The first-order valence-electron chi connectivity index (χ1n) is 9.05. The predicted octanol–water partition coefficient (Wildman–Crippen LogP) is 2.36. The third-order valence-corrected chi connectivity index (χ3v) is 7.12. The Kier molecular flexibility index (Phi) is 7.96. The summed E-state index contributed by atoms with van der Waals surface area (Å²) < 4.78 is 32.2. The van der Waals surface area contributed by atoms with Gasteiger partial charge in [0, 0.05) is 18.8 Å². The number of hydrogen-bond acceptors (Lipinski definition) is 7. The zero-order chi connectivity index (χ0) is 21.6. The van der Waals surface area contributed by atoms with Gasteiger partial charge in [-0.05, 0) is 59.3 Å². The summed E-state index contributed by atoms with van der Waals surface area (Å²) in [4.78, 5) is 20.7. The maximum absolute atomic E-state index is 12.9. The molecule has 0 fully saturated rings. The number of likely N-dealkylation sites (N-methyl/N-ethyl adjacent to an activating group) is 1. The SMILES string of the molecule is CCOc1ccc(NC(=O)N(CCN(C)C)c2nc(C)c(S(=O)(=O)NC)s2)cc1. The highest BCUT2D eigenvalue weighted by Gasteiger charge is 2.25. The molecule has 1 heterocycles. The highest BCUT2D eigenvalue weighted by atomic mass is 32.2. The normalized spacial score (nSPS) is 11.5. The Hall–Kier alpha value is -2.21. The van der Waals surface area contributed by atoms with Gasteiger partial charge in [-0.25, -0.2) is 22.9 Å². The van der Waals surface area contributed by atoms with E-state index in [2.05, 4.69) is 15.0 Å². The standard InChI is InChI=1S/C18H27N5O4S2/c1-6-27-15-9-7-14(8-10-15)21-17(24)23(12-11-22(4)5)18-20-13(2)16(28-18)29(25,26)19-3/h7-10,19H,6,11-12H2,1-5H3,(H,21,24).